The summed E-state index contributed by atoms with van der Waals surface area (Å²) in [6.07, 6.45) is 0. The van der Waals surface area contributed by atoms with E-state index in [4.69, 9.17) is 0 Å². The van der Waals surface area contributed by atoms with Gasteiger partial charge in [-0.3, -0.25) is 9.59 Å². The van der Waals surface area contributed by atoms with E-state index < -0.39 is 6.04 Å². The highest BCUT2D eigenvalue weighted by molar-refractivity contribution is 7.99. The van der Waals surface area contributed by atoms with Crippen LogP contribution in [-0.4, -0.2) is 41.4 Å². The molecule has 4 rings (SSSR count). The van der Waals surface area contributed by atoms with Crippen LogP contribution in [0.3, 0.4) is 0 Å². The Balaban J connectivity index is 1.38. The molecular weight excluding hydrogens is 406 g/mol. The summed E-state index contributed by atoms with van der Waals surface area (Å²) in [5.74, 6) is 0.862. The molecule has 0 aromatic heterocycles. The lowest BCUT2D eigenvalue weighted by molar-refractivity contribution is -0.119. The molecule has 2 amide bonds. The van der Waals surface area contributed by atoms with Gasteiger partial charge in [-0.05, 0) is 42.0 Å². The number of carbonyl (C=O) groups is 2. The predicted octanol–water partition coefficient (Wildman–Crippen LogP) is 4.48. The summed E-state index contributed by atoms with van der Waals surface area (Å²) in [4.78, 5) is 29.5. The first kappa shape index (κ1) is 21.0. The molecule has 1 aliphatic heterocycles. The molecule has 158 valence electrons. The Kier molecular flexibility index (Phi) is 6.57. The highest BCUT2D eigenvalue weighted by atomic mass is 32.2. The maximum atomic E-state index is 12.9. The lowest BCUT2D eigenvalue weighted by atomic mass is 10.1. The third-order valence-corrected chi connectivity index (χ3v) is 6.32. The van der Waals surface area contributed by atoms with E-state index in [0.29, 0.717) is 17.2 Å². The van der Waals surface area contributed by atoms with E-state index in [1.807, 2.05) is 67.7 Å². The lowest BCUT2D eigenvalue weighted by Crippen LogP contribution is -2.44. The molecule has 0 radical (unpaired) electrons. The predicted molar refractivity (Wildman–Crippen MR) is 127 cm³/mol. The van der Waals surface area contributed by atoms with Gasteiger partial charge < -0.3 is 15.1 Å². The molecule has 0 saturated carbocycles. The van der Waals surface area contributed by atoms with Gasteiger partial charge in [0.25, 0.3) is 5.91 Å². The Morgan fingerprint density at radius 3 is 2.29 bits per heavy atom. The third kappa shape index (κ3) is 5.09. The van der Waals surface area contributed by atoms with E-state index >= 15 is 0 Å². The minimum Gasteiger partial charge on any atom is -0.370 e. The van der Waals surface area contributed by atoms with Crippen molar-refractivity contribution in [1.82, 2.24) is 4.90 Å². The largest absolute Gasteiger partial charge is 0.370 e. The Hall–Kier alpha value is -3.25. The zero-order valence-electron chi connectivity index (χ0n) is 17.4. The Morgan fingerprint density at radius 1 is 0.968 bits per heavy atom. The second-order valence-corrected chi connectivity index (χ2v) is 8.53. The number of nitrogens with one attached hydrogen (secondary N) is 1. The van der Waals surface area contributed by atoms with Crippen molar-refractivity contribution >= 4 is 35.0 Å². The molecule has 3 aromatic rings. The van der Waals surface area contributed by atoms with E-state index in [2.05, 4.69) is 22.3 Å². The fourth-order valence-corrected chi connectivity index (χ4v) is 4.73. The number of hydrogen-bond donors (Lipinski definition) is 1. The first-order valence-corrected chi connectivity index (χ1v) is 11.4. The first-order valence-electron chi connectivity index (χ1n) is 10.2. The van der Waals surface area contributed by atoms with Crippen molar-refractivity contribution in [1.29, 1.82) is 0 Å². The van der Waals surface area contributed by atoms with Crippen molar-refractivity contribution in [2.45, 2.75) is 12.6 Å². The van der Waals surface area contributed by atoms with Gasteiger partial charge in [0.2, 0.25) is 5.91 Å². The molecule has 0 bridgehead atoms. The van der Waals surface area contributed by atoms with E-state index in [-0.39, 0.29) is 11.8 Å². The molecule has 3 aromatic carbocycles. The number of nitrogens with zero attached hydrogens (tertiary/aromatic N) is 2. The zero-order valence-corrected chi connectivity index (χ0v) is 18.2. The number of carbonyl (C=O) groups excluding carboxylic acids is 2. The molecule has 6 heteroatoms. The number of hydrogen-bond acceptors (Lipinski definition) is 4. The number of amides is 2. The normalized spacial score (nSPS) is 15.5. The van der Waals surface area contributed by atoms with Crippen LogP contribution >= 0.6 is 11.8 Å². The van der Waals surface area contributed by atoms with Gasteiger partial charge in [0.15, 0.2) is 0 Å². The van der Waals surface area contributed by atoms with Gasteiger partial charge in [-0.1, -0.05) is 48.5 Å². The molecule has 1 fully saturated rings. The van der Waals surface area contributed by atoms with E-state index in [0.717, 1.165) is 17.9 Å². The van der Waals surface area contributed by atoms with Crippen molar-refractivity contribution in [3.8, 4) is 0 Å². The molecule has 1 saturated heterocycles. The fourth-order valence-electron chi connectivity index (χ4n) is 3.58. The Morgan fingerprint density at radius 2 is 1.61 bits per heavy atom. The van der Waals surface area contributed by atoms with Gasteiger partial charge in [-0.25, -0.2) is 0 Å². The summed E-state index contributed by atoms with van der Waals surface area (Å²) in [6.45, 7) is 0.808. The standard InChI is InChI=1S/C25H25N3O2S/c1-27(16-19-8-4-2-5-9-19)22-14-12-21(13-15-22)26-24(29)23-17-31-18-28(23)25(30)20-10-6-3-7-11-20/h2-15,23H,16-18H2,1H3,(H,26,29). The number of rotatable bonds is 6. The van der Waals surface area contributed by atoms with Crippen molar-refractivity contribution in [2.75, 3.05) is 28.9 Å². The molecule has 5 nitrogen and oxygen atoms in total. The summed E-state index contributed by atoms with van der Waals surface area (Å²) < 4.78 is 0. The monoisotopic (exact) mass is 431 g/mol. The van der Waals surface area contributed by atoms with E-state index in [1.54, 1.807) is 28.8 Å². The van der Waals surface area contributed by atoms with Crippen LogP contribution in [0.5, 0.6) is 0 Å². The van der Waals surface area contributed by atoms with Crippen LogP contribution in [0.4, 0.5) is 11.4 Å². The van der Waals surface area contributed by atoms with Gasteiger partial charge >= 0.3 is 0 Å². The second kappa shape index (κ2) is 9.71. The van der Waals surface area contributed by atoms with Crippen molar-refractivity contribution in [2.24, 2.45) is 0 Å². The van der Waals surface area contributed by atoms with Crippen LogP contribution in [0.2, 0.25) is 0 Å². The third-order valence-electron chi connectivity index (χ3n) is 5.30. The fraction of sp³-hybridized carbons (Fsp3) is 0.200. The Bertz CT molecular complexity index is 1030. The van der Waals surface area contributed by atoms with Gasteiger partial charge in [0.05, 0.1) is 5.88 Å². The SMILES string of the molecule is CN(Cc1ccccc1)c1ccc(NC(=O)C2CSCN2C(=O)c2ccccc2)cc1. The highest BCUT2D eigenvalue weighted by Gasteiger charge is 2.35. The summed E-state index contributed by atoms with van der Waals surface area (Å²) in [5, 5.41) is 2.97. The average molecular weight is 432 g/mol. The van der Waals surface area contributed by atoms with Crippen LogP contribution in [0.15, 0.2) is 84.9 Å². The van der Waals surface area contributed by atoms with Gasteiger partial charge in [0, 0.05) is 36.3 Å². The second-order valence-electron chi connectivity index (χ2n) is 7.53. The van der Waals surface area contributed by atoms with E-state index in [1.165, 1.54) is 5.56 Å². The summed E-state index contributed by atoms with van der Waals surface area (Å²) in [6, 6.07) is 26.7. The number of thioether (sulfide) groups is 1. The van der Waals surface area contributed by atoms with Gasteiger partial charge in [-0.15, -0.1) is 11.8 Å². The van der Waals surface area contributed by atoms with Crippen LogP contribution in [0.25, 0.3) is 0 Å². The quantitative estimate of drug-likeness (QED) is 0.625. The van der Waals surface area contributed by atoms with Gasteiger partial charge in [-0.2, -0.15) is 0 Å². The maximum Gasteiger partial charge on any atom is 0.255 e. The van der Waals surface area contributed by atoms with E-state index in [9.17, 15) is 9.59 Å². The van der Waals surface area contributed by atoms with Crippen LogP contribution in [-0.2, 0) is 11.3 Å². The van der Waals surface area contributed by atoms with Crippen molar-refractivity contribution < 1.29 is 9.59 Å². The smallest absolute Gasteiger partial charge is 0.255 e. The molecule has 1 aliphatic rings. The molecule has 1 unspecified atom stereocenters. The Labute approximate surface area is 187 Å². The topological polar surface area (TPSA) is 52.7 Å². The maximum absolute atomic E-state index is 12.9. The molecular formula is C25H25N3O2S. The lowest BCUT2D eigenvalue weighted by Gasteiger charge is -2.23. The molecule has 1 heterocycles. The minimum atomic E-state index is -0.474. The van der Waals surface area contributed by atoms with Gasteiger partial charge in [0.1, 0.15) is 6.04 Å². The molecule has 0 aliphatic carbocycles. The average Bonchev–Trinajstić information content (AvgIpc) is 3.30. The summed E-state index contributed by atoms with van der Waals surface area (Å²) in [7, 11) is 2.05. The molecule has 1 N–H and O–H groups in total. The van der Waals surface area contributed by atoms with Crippen LogP contribution in [0, 0.1) is 0 Å². The first-order chi connectivity index (χ1) is 15.1. The molecule has 0 spiro atoms. The molecule has 1 atom stereocenters. The van der Waals surface area contributed by atoms with Crippen molar-refractivity contribution in [3.63, 3.8) is 0 Å². The number of benzene rings is 3. The minimum absolute atomic E-state index is 0.108. The summed E-state index contributed by atoms with van der Waals surface area (Å²) in [5.41, 5.74) is 3.64. The molecule has 31 heavy (non-hydrogen) atoms. The van der Waals surface area contributed by atoms with Crippen LogP contribution < -0.4 is 10.2 Å². The van der Waals surface area contributed by atoms with Crippen LogP contribution in [0.1, 0.15) is 15.9 Å². The van der Waals surface area contributed by atoms with Crippen molar-refractivity contribution in [3.05, 3.63) is 96.1 Å². The highest BCUT2D eigenvalue weighted by Crippen LogP contribution is 2.25. The zero-order chi connectivity index (χ0) is 21.6. The number of anilines is 2. The summed E-state index contributed by atoms with van der Waals surface area (Å²) >= 11 is 1.60.